The van der Waals surface area contributed by atoms with Gasteiger partial charge >= 0.3 is 0 Å². The molecule has 1 rings (SSSR count). The quantitative estimate of drug-likeness (QED) is 0.436. The van der Waals surface area contributed by atoms with E-state index in [1.54, 1.807) is 14.2 Å². The van der Waals surface area contributed by atoms with E-state index in [-0.39, 0.29) is 0 Å². The summed E-state index contributed by atoms with van der Waals surface area (Å²) in [7, 11) is 3.42. The van der Waals surface area contributed by atoms with Crippen molar-refractivity contribution in [1.29, 1.82) is 0 Å². The fraction of sp³-hybridized carbons (Fsp3) is 0.625. The zero-order valence-corrected chi connectivity index (χ0v) is 13.2. The van der Waals surface area contributed by atoms with Gasteiger partial charge in [-0.25, -0.2) is 0 Å². The first kappa shape index (κ1) is 16.2. The van der Waals surface area contributed by atoms with Gasteiger partial charge in [0, 0.05) is 0 Å². The second kappa shape index (κ2) is 10.0. The lowest BCUT2D eigenvalue weighted by molar-refractivity contribution is 0.394. The van der Waals surface area contributed by atoms with E-state index >= 15 is 0 Å². The molecule has 0 aliphatic rings. The number of unbranched alkanes of at least 4 members (excludes halogenated alkanes) is 5. The highest BCUT2D eigenvalue weighted by atomic mass is 32.2. The lowest BCUT2D eigenvalue weighted by Crippen LogP contribution is -1.90. The minimum Gasteiger partial charge on any atom is -0.497 e. The number of ether oxygens (including phenoxy) is 2. The maximum atomic E-state index is 5.38. The van der Waals surface area contributed by atoms with Crippen LogP contribution in [-0.2, 0) is 0 Å². The highest BCUT2D eigenvalue weighted by Crippen LogP contribution is 2.33. The summed E-state index contributed by atoms with van der Waals surface area (Å²) in [6, 6.07) is 5.97. The van der Waals surface area contributed by atoms with Crippen LogP contribution in [0, 0.1) is 0 Å². The van der Waals surface area contributed by atoms with Gasteiger partial charge in [-0.15, -0.1) is 11.8 Å². The molecule has 19 heavy (non-hydrogen) atoms. The molecule has 0 N–H and O–H groups in total. The Morgan fingerprint density at radius 2 is 1.68 bits per heavy atom. The molecular formula is C16H26O2S. The van der Waals surface area contributed by atoms with Crippen LogP contribution in [0.4, 0.5) is 0 Å². The molecule has 108 valence electrons. The van der Waals surface area contributed by atoms with Crippen LogP contribution in [0.2, 0.25) is 0 Å². The summed E-state index contributed by atoms with van der Waals surface area (Å²) in [6.07, 6.45) is 8.04. The molecule has 0 aromatic heterocycles. The van der Waals surface area contributed by atoms with E-state index in [2.05, 4.69) is 13.0 Å². The van der Waals surface area contributed by atoms with Crippen molar-refractivity contribution >= 4 is 11.8 Å². The molecule has 0 atom stereocenters. The van der Waals surface area contributed by atoms with Gasteiger partial charge in [-0.3, -0.25) is 0 Å². The van der Waals surface area contributed by atoms with Crippen LogP contribution in [0.15, 0.2) is 23.1 Å². The third-order valence-corrected chi connectivity index (χ3v) is 4.25. The maximum Gasteiger partial charge on any atom is 0.132 e. The van der Waals surface area contributed by atoms with Crippen molar-refractivity contribution in [2.45, 2.75) is 50.3 Å². The van der Waals surface area contributed by atoms with Crippen LogP contribution in [0.1, 0.15) is 45.4 Å². The number of thioether (sulfide) groups is 1. The number of rotatable bonds is 10. The molecule has 1 aromatic carbocycles. The van der Waals surface area contributed by atoms with Crippen molar-refractivity contribution in [1.82, 2.24) is 0 Å². The normalized spacial score (nSPS) is 10.5. The molecule has 0 saturated carbocycles. The van der Waals surface area contributed by atoms with E-state index in [4.69, 9.17) is 9.47 Å². The van der Waals surface area contributed by atoms with Gasteiger partial charge < -0.3 is 9.47 Å². The number of benzene rings is 1. The van der Waals surface area contributed by atoms with E-state index in [9.17, 15) is 0 Å². The van der Waals surface area contributed by atoms with Gasteiger partial charge in [0.15, 0.2) is 0 Å². The van der Waals surface area contributed by atoms with Crippen molar-refractivity contribution in [2.24, 2.45) is 0 Å². The number of methoxy groups -OCH3 is 2. The predicted octanol–water partition coefficient (Wildman–Crippen LogP) is 5.16. The van der Waals surface area contributed by atoms with E-state index in [0.29, 0.717) is 0 Å². The summed E-state index contributed by atoms with van der Waals surface area (Å²) < 4.78 is 10.6. The van der Waals surface area contributed by atoms with Gasteiger partial charge in [0.1, 0.15) is 11.5 Å². The van der Waals surface area contributed by atoms with Gasteiger partial charge in [0.2, 0.25) is 0 Å². The highest BCUT2D eigenvalue weighted by molar-refractivity contribution is 7.99. The van der Waals surface area contributed by atoms with Crippen LogP contribution in [0.5, 0.6) is 11.5 Å². The van der Waals surface area contributed by atoms with Crippen molar-refractivity contribution in [3.05, 3.63) is 18.2 Å². The largest absolute Gasteiger partial charge is 0.497 e. The summed E-state index contributed by atoms with van der Waals surface area (Å²) >= 11 is 1.86. The molecule has 0 aliphatic carbocycles. The van der Waals surface area contributed by atoms with Gasteiger partial charge in [-0.2, -0.15) is 0 Å². The first-order valence-electron chi connectivity index (χ1n) is 7.16. The summed E-state index contributed by atoms with van der Waals surface area (Å²) in [5, 5.41) is 0. The molecule has 0 fully saturated rings. The fourth-order valence-corrected chi connectivity index (χ4v) is 3.02. The monoisotopic (exact) mass is 282 g/mol. The molecule has 0 bridgehead atoms. The molecule has 0 unspecified atom stereocenters. The summed E-state index contributed by atoms with van der Waals surface area (Å²) in [4.78, 5) is 1.18. The number of hydrogen-bond donors (Lipinski definition) is 0. The fourth-order valence-electron chi connectivity index (χ4n) is 1.96. The minimum atomic E-state index is 0.895. The third kappa shape index (κ3) is 6.24. The first-order valence-corrected chi connectivity index (χ1v) is 8.15. The van der Waals surface area contributed by atoms with Gasteiger partial charge in [-0.05, 0) is 30.4 Å². The van der Waals surface area contributed by atoms with E-state index in [1.807, 2.05) is 23.9 Å². The SMILES string of the molecule is CCCCCCCCSc1cc(OC)ccc1OC. The Bertz CT molecular complexity index is 353. The molecular weight excluding hydrogens is 256 g/mol. The molecule has 1 aromatic rings. The lowest BCUT2D eigenvalue weighted by Gasteiger charge is -2.10. The van der Waals surface area contributed by atoms with Gasteiger partial charge in [-0.1, -0.05) is 39.0 Å². The first-order chi connectivity index (χ1) is 9.31. The van der Waals surface area contributed by atoms with Crippen LogP contribution in [0.3, 0.4) is 0 Å². The van der Waals surface area contributed by atoms with E-state index in [0.717, 1.165) is 17.3 Å². The van der Waals surface area contributed by atoms with E-state index < -0.39 is 0 Å². The van der Waals surface area contributed by atoms with Crippen LogP contribution in [-0.4, -0.2) is 20.0 Å². The molecule has 0 heterocycles. The Hall–Kier alpha value is -0.830. The molecule has 0 saturated heterocycles. The smallest absolute Gasteiger partial charge is 0.132 e. The third-order valence-electron chi connectivity index (χ3n) is 3.13. The Kier molecular flexibility index (Phi) is 8.55. The van der Waals surface area contributed by atoms with Gasteiger partial charge in [0.25, 0.3) is 0 Å². The highest BCUT2D eigenvalue weighted by Gasteiger charge is 2.05. The second-order valence-corrected chi connectivity index (χ2v) is 5.77. The minimum absolute atomic E-state index is 0.895. The maximum absolute atomic E-state index is 5.38. The average Bonchev–Trinajstić information content (AvgIpc) is 2.46. The topological polar surface area (TPSA) is 18.5 Å². The Labute approximate surface area is 121 Å². The molecule has 0 amide bonds. The Morgan fingerprint density at radius 1 is 0.947 bits per heavy atom. The Balaban J connectivity index is 2.31. The molecule has 3 heteroatoms. The summed E-state index contributed by atoms with van der Waals surface area (Å²) in [5.41, 5.74) is 0. The lowest BCUT2D eigenvalue weighted by atomic mass is 10.1. The molecule has 0 aliphatic heterocycles. The summed E-state index contributed by atoms with van der Waals surface area (Å²) in [5.74, 6) is 2.98. The number of hydrogen-bond acceptors (Lipinski definition) is 3. The zero-order valence-electron chi connectivity index (χ0n) is 12.4. The second-order valence-electron chi connectivity index (χ2n) is 4.63. The van der Waals surface area contributed by atoms with Crippen molar-refractivity contribution in [3.63, 3.8) is 0 Å². The molecule has 0 radical (unpaired) electrons. The van der Waals surface area contributed by atoms with Crippen molar-refractivity contribution < 1.29 is 9.47 Å². The van der Waals surface area contributed by atoms with Crippen LogP contribution in [0.25, 0.3) is 0 Å². The predicted molar refractivity (Wildman–Crippen MR) is 83.6 cm³/mol. The van der Waals surface area contributed by atoms with Crippen molar-refractivity contribution in [3.8, 4) is 11.5 Å². The average molecular weight is 282 g/mol. The van der Waals surface area contributed by atoms with E-state index in [1.165, 1.54) is 43.4 Å². The van der Waals surface area contributed by atoms with Crippen molar-refractivity contribution in [2.75, 3.05) is 20.0 Å². The standard InChI is InChI=1S/C16H26O2S/c1-4-5-6-7-8-9-12-19-16-13-14(17-2)10-11-15(16)18-3/h10-11,13H,4-9,12H2,1-3H3. The molecule has 0 spiro atoms. The Morgan fingerprint density at radius 3 is 2.37 bits per heavy atom. The van der Waals surface area contributed by atoms with Gasteiger partial charge in [0.05, 0.1) is 19.1 Å². The van der Waals surface area contributed by atoms with Crippen LogP contribution < -0.4 is 9.47 Å². The van der Waals surface area contributed by atoms with Crippen LogP contribution >= 0.6 is 11.8 Å². The zero-order chi connectivity index (χ0) is 13.9. The summed E-state index contributed by atoms with van der Waals surface area (Å²) in [6.45, 7) is 2.25. The molecule has 2 nitrogen and oxygen atoms in total.